The van der Waals surface area contributed by atoms with Gasteiger partial charge >= 0.3 is 0 Å². The first kappa shape index (κ1) is 9.65. The smallest absolute Gasteiger partial charge is 0.247 e. The van der Waals surface area contributed by atoms with Crippen molar-refractivity contribution >= 4 is 11.9 Å². The van der Waals surface area contributed by atoms with Crippen molar-refractivity contribution in [3.8, 4) is 6.07 Å². The molecule has 1 heterocycles. The van der Waals surface area contributed by atoms with E-state index >= 15 is 0 Å². The molecule has 6 heteroatoms. The van der Waals surface area contributed by atoms with Crippen LogP contribution < -0.4 is 5.32 Å². The van der Waals surface area contributed by atoms with Crippen molar-refractivity contribution in [1.29, 1.82) is 5.26 Å². The highest BCUT2D eigenvalue weighted by molar-refractivity contribution is 5.96. The summed E-state index contributed by atoms with van der Waals surface area (Å²) in [6.07, 6.45) is 3.55. The second kappa shape index (κ2) is 3.35. The predicted molar refractivity (Wildman–Crippen MR) is 51.5 cm³/mol. The summed E-state index contributed by atoms with van der Waals surface area (Å²) in [7, 11) is 1.68. The van der Waals surface area contributed by atoms with Gasteiger partial charge in [0.2, 0.25) is 11.9 Å². The lowest BCUT2D eigenvalue weighted by atomic mass is 9.69. The third-order valence-corrected chi connectivity index (χ3v) is 2.79. The summed E-state index contributed by atoms with van der Waals surface area (Å²) in [4.78, 5) is 15.7. The lowest BCUT2D eigenvalue weighted by Gasteiger charge is -2.32. The zero-order chi connectivity index (χ0) is 10.9. The molecule has 0 bridgehead atoms. The van der Waals surface area contributed by atoms with Gasteiger partial charge in [-0.2, -0.15) is 15.3 Å². The van der Waals surface area contributed by atoms with Gasteiger partial charge in [-0.05, 0) is 19.3 Å². The predicted octanol–water partition coefficient (Wildman–Crippen LogP) is 0.447. The summed E-state index contributed by atoms with van der Waals surface area (Å²) in [5.41, 5.74) is -0.841. The van der Waals surface area contributed by atoms with Crippen molar-refractivity contribution in [1.82, 2.24) is 14.8 Å². The molecule has 0 spiro atoms. The van der Waals surface area contributed by atoms with Crippen LogP contribution in [0.3, 0.4) is 0 Å². The first-order chi connectivity index (χ1) is 7.18. The SMILES string of the molecule is Cn1ncnc1NC(=O)C1(C#N)CCC1. The van der Waals surface area contributed by atoms with E-state index in [0.29, 0.717) is 18.8 Å². The van der Waals surface area contributed by atoms with E-state index < -0.39 is 5.41 Å². The molecule has 1 aliphatic carbocycles. The fourth-order valence-electron chi connectivity index (χ4n) is 1.55. The van der Waals surface area contributed by atoms with Gasteiger partial charge in [-0.15, -0.1) is 0 Å². The molecule has 0 radical (unpaired) electrons. The molecule has 1 N–H and O–H groups in total. The molecule has 1 aromatic heterocycles. The van der Waals surface area contributed by atoms with Crippen LogP contribution >= 0.6 is 0 Å². The third-order valence-electron chi connectivity index (χ3n) is 2.79. The Morgan fingerprint density at radius 3 is 2.87 bits per heavy atom. The maximum Gasteiger partial charge on any atom is 0.247 e. The molecule has 78 valence electrons. The molecule has 1 saturated carbocycles. The maximum absolute atomic E-state index is 11.8. The molecular weight excluding hydrogens is 194 g/mol. The Hall–Kier alpha value is -1.90. The summed E-state index contributed by atoms with van der Waals surface area (Å²) in [5, 5.41) is 15.4. The molecule has 6 nitrogen and oxygen atoms in total. The molecule has 1 aromatic rings. The second-order valence-electron chi connectivity index (χ2n) is 3.71. The van der Waals surface area contributed by atoms with E-state index in [-0.39, 0.29) is 5.91 Å². The molecule has 1 amide bonds. The van der Waals surface area contributed by atoms with Crippen LogP contribution in [0.5, 0.6) is 0 Å². The van der Waals surface area contributed by atoms with E-state index in [2.05, 4.69) is 21.5 Å². The standard InChI is InChI=1S/C9H11N5O/c1-14-8(11-6-12-14)13-7(15)9(5-10)3-2-4-9/h6H,2-4H2,1H3,(H,11,12,13,15). The summed E-state index contributed by atoms with van der Waals surface area (Å²) < 4.78 is 1.46. The van der Waals surface area contributed by atoms with Gasteiger partial charge in [-0.3, -0.25) is 10.1 Å². The molecule has 1 fully saturated rings. The molecular formula is C9H11N5O. The zero-order valence-electron chi connectivity index (χ0n) is 8.40. The zero-order valence-corrected chi connectivity index (χ0v) is 8.40. The van der Waals surface area contributed by atoms with Crippen molar-refractivity contribution in [2.24, 2.45) is 12.5 Å². The quantitative estimate of drug-likeness (QED) is 0.759. The normalized spacial score (nSPS) is 17.6. The van der Waals surface area contributed by atoms with Crippen LogP contribution in [0.25, 0.3) is 0 Å². The first-order valence-electron chi connectivity index (χ1n) is 4.75. The van der Waals surface area contributed by atoms with Crippen molar-refractivity contribution < 1.29 is 4.79 Å². The number of carbonyl (C=O) groups excluding carboxylic acids is 1. The molecule has 0 aliphatic heterocycles. The van der Waals surface area contributed by atoms with Gasteiger partial charge < -0.3 is 0 Å². The van der Waals surface area contributed by atoms with Crippen LogP contribution in [0.4, 0.5) is 5.95 Å². The van der Waals surface area contributed by atoms with Crippen LogP contribution in [0, 0.1) is 16.7 Å². The second-order valence-corrected chi connectivity index (χ2v) is 3.71. The van der Waals surface area contributed by atoms with Gasteiger partial charge in [0.25, 0.3) is 0 Å². The van der Waals surface area contributed by atoms with Crippen LogP contribution in [-0.2, 0) is 11.8 Å². The number of nitriles is 1. The Kier molecular flexibility index (Phi) is 2.15. The van der Waals surface area contributed by atoms with Crippen molar-refractivity contribution in [3.63, 3.8) is 0 Å². The number of nitrogens with zero attached hydrogens (tertiary/aromatic N) is 4. The lowest BCUT2D eigenvalue weighted by Crippen LogP contribution is -2.41. The molecule has 0 aromatic carbocycles. The Morgan fingerprint density at radius 1 is 1.73 bits per heavy atom. The molecule has 1 aliphatic rings. The van der Waals surface area contributed by atoms with Gasteiger partial charge in [0.1, 0.15) is 11.7 Å². The van der Waals surface area contributed by atoms with Gasteiger partial charge in [0, 0.05) is 7.05 Å². The van der Waals surface area contributed by atoms with E-state index in [4.69, 9.17) is 5.26 Å². The average Bonchev–Trinajstić information content (AvgIpc) is 2.51. The number of hydrogen-bond acceptors (Lipinski definition) is 4. The Balaban J connectivity index is 2.11. The number of carbonyl (C=O) groups is 1. The van der Waals surface area contributed by atoms with E-state index in [9.17, 15) is 4.79 Å². The van der Waals surface area contributed by atoms with E-state index in [1.807, 2.05) is 0 Å². The molecule has 0 saturated heterocycles. The Bertz CT molecular complexity index is 426. The van der Waals surface area contributed by atoms with Crippen molar-refractivity contribution in [3.05, 3.63) is 6.33 Å². The van der Waals surface area contributed by atoms with Crippen molar-refractivity contribution in [2.75, 3.05) is 5.32 Å². The summed E-state index contributed by atoms with van der Waals surface area (Å²) in [5.74, 6) is 0.105. The van der Waals surface area contributed by atoms with Gasteiger partial charge in [-0.25, -0.2) is 4.68 Å². The largest absolute Gasteiger partial charge is 0.293 e. The Labute approximate surface area is 86.9 Å². The number of rotatable bonds is 2. The highest BCUT2D eigenvalue weighted by Gasteiger charge is 2.45. The van der Waals surface area contributed by atoms with Gasteiger partial charge in [-0.1, -0.05) is 0 Å². The van der Waals surface area contributed by atoms with Gasteiger partial charge in [0.05, 0.1) is 6.07 Å². The number of anilines is 1. The highest BCUT2D eigenvalue weighted by atomic mass is 16.2. The maximum atomic E-state index is 11.8. The minimum atomic E-state index is -0.841. The average molecular weight is 205 g/mol. The summed E-state index contributed by atoms with van der Waals surface area (Å²) in [6.45, 7) is 0. The lowest BCUT2D eigenvalue weighted by molar-refractivity contribution is -0.126. The topological polar surface area (TPSA) is 83.6 Å². The summed E-state index contributed by atoms with van der Waals surface area (Å²) >= 11 is 0. The fraction of sp³-hybridized carbons (Fsp3) is 0.556. The van der Waals surface area contributed by atoms with Crippen LogP contribution in [0.1, 0.15) is 19.3 Å². The number of amides is 1. The van der Waals surface area contributed by atoms with Crippen molar-refractivity contribution in [2.45, 2.75) is 19.3 Å². The number of aromatic nitrogens is 3. The van der Waals surface area contributed by atoms with Crippen LogP contribution in [0.2, 0.25) is 0 Å². The summed E-state index contributed by atoms with van der Waals surface area (Å²) in [6, 6.07) is 2.08. The van der Waals surface area contributed by atoms with Crippen LogP contribution in [0.15, 0.2) is 6.33 Å². The molecule has 2 rings (SSSR count). The highest BCUT2D eigenvalue weighted by Crippen LogP contribution is 2.40. The fourth-order valence-corrected chi connectivity index (χ4v) is 1.55. The Morgan fingerprint density at radius 2 is 2.47 bits per heavy atom. The number of hydrogen-bond donors (Lipinski definition) is 1. The minimum absolute atomic E-state index is 0.271. The molecule has 0 unspecified atom stereocenters. The number of aryl methyl sites for hydroxylation is 1. The monoisotopic (exact) mass is 205 g/mol. The van der Waals surface area contributed by atoms with Crippen LogP contribution in [-0.4, -0.2) is 20.7 Å². The van der Waals surface area contributed by atoms with E-state index in [0.717, 1.165) is 6.42 Å². The number of nitrogens with one attached hydrogen (secondary N) is 1. The van der Waals surface area contributed by atoms with E-state index in [1.165, 1.54) is 11.0 Å². The van der Waals surface area contributed by atoms with Gasteiger partial charge in [0.15, 0.2) is 0 Å². The van der Waals surface area contributed by atoms with E-state index in [1.54, 1.807) is 7.05 Å². The third kappa shape index (κ3) is 1.46. The minimum Gasteiger partial charge on any atom is -0.293 e. The molecule has 15 heavy (non-hydrogen) atoms. The first-order valence-corrected chi connectivity index (χ1v) is 4.75. The molecule has 0 atom stereocenters.